The maximum Gasteiger partial charge on any atom is 0.306 e. The molecule has 0 saturated heterocycles. The van der Waals surface area contributed by atoms with Gasteiger partial charge in [-0.2, -0.15) is 0 Å². The first-order valence-corrected chi connectivity index (χ1v) is 8.39. The van der Waals surface area contributed by atoms with Crippen molar-refractivity contribution in [2.45, 2.75) is 18.0 Å². The van der Waals surface area contributed by atoms with Crippen LogP contribution >= 0.6 is 17.1 Å². The van der Waals surface area contributed by atoms with Crippen LogP contribution < -0.4 is 0 Å². The summed E-state index contributed by atoms with van der Waals surface area (Å²) in [7, 11) is 4.02. The van der Waals surface area contributed by atoms with Gasteiger partial charge in [-0.25, -0.2) is 0 Å². The number of hydrogen-bond acceptors (Lipinski definition) is 6. The Balaban J connectivity index is 4.61. The summed E-state index contributed by atoms with van der Waals surface area (Å²) in [6.07, 6.45) is -0.835. The summed E-state index contributed by atoms with van der Waals surface area (Å²) < 4.78 is 14.4. The minimum atomic E-state index is -3.49. The fourth-order valence-electron chi connectivity index (χ4n) is 1.01. The van der Waals surface area contributed by atoms with Gasteiger partial charge in [0, 0.05) is 14.2 Å². The van der Waals surface area contributed by atoms with Gasteiger partial charge in [-0.15, -0.1) is 0 Å². The van der Waals surface area contributed by atoms with Crippen LogP contribution in [0.1, 0.15) is 6.42 Å². The second kappa shape index (κ2) is 7.60. The lowest BCUT2D eigenvalue weighted by Gasteiger charge is -2.24. The van der Waals surface area contributed by atoms with Gasteiger partial charge in [0.15, 0.2) is 6.29 Å². The number of ether oxygens (including phenoxy) is 3. The largest absolute Gasteiger partial charge is 0.469 e. The van der Waals surface area contributed by atoms with E-state index in [1.165, 1.54) is 21.3 Å². The Hall–Kier alpha value is 0.310. The Morgan fingerprint density at radius 1 is 1.38 bits per heavy atom. The zero-order chi connectivity index (χ0) is 12.8. The lowest BCUT2D eigenvalue weighted by molar-refractivity contribution is -0.145. The molecule has 0 aromatic rings. The summed E-state index contributed by atoms with van der Waals surface area (Å²) in [6.45, 7) is 0. The van der Waals surface area contributed by atoms with Crippen LogP contribution in [0.2, 0.25) is 0 Å². The summed E-state index contributed by atoms with van der Waals surface area (Å²) >= 11 is 5.18. The average molecular weight is 290 g/mol. The van der Waals surface area contributed by atoms with Crippen LogP contribution in [0.3, 0.4) is 0 Å². The standard InChI is InChI=1S/C7H15O6PS2/c1-11-6(8)4-5(7(12-2)13-3)16-14(9,10)15/h5,7H,4H2,1-3H3,(H2,9,10,15). The van der Waals surface area contributed by atoms with Crippen LogP contribution in [0.15, 0.2) is 0 Å². The first-order valence-electron chi connectivity index (χ1n) is 4.20. The first-order chi connectivity index (χ1) is 7.34. The highest BCUT2D eigenvalue weighted by Gasteiger charge is 2.29. The van der Waals surface area contributed by atoms with Crippen molar-refractivity contribution in [1.82, 2.24) is 0 Å². The predicted molar refractivity (Wildman–Crippen MR) is 64.5 cm³/mol. The molecule has 0 aliphatic carbocycles. The quantitative estimate of drug-likeness (QED) is 0.398. The van der Waals surface area contributed by atoms with Crippen molar-refractivity contribution in [2.24, 2.45) is 0 Å². The van der Waals surface area contributed by atoms with Gasteiger partial charge < -0.3 is 24.0 Å². The highest BCUT2D eigenvalue weighted by atomic mass is 32.9. The molecule has 96 valence electrons. The molecule has 0 radical (unpaired) electrons. The third kappa shape index (κ3) is 6.80. The van der Waals surface area contributed by atoms with E-state index >= 15 is 0 Å². The van der Waals surface area contributed by atoms with Crippen molar-refractivity contribution in [3.8, 4) is 0 Å². The van der Waals surface area contributed by atoms with Crippen LogP contribution in [-0.4, -0.2) is 48.6 Å². The van der Waals surface area contributed by atoms with E-state index in [9.17, 15) is 14.6 Å². The number of carbonyl (C=O) groups is 1. The summed E-state index contributed by atoms with van der Waals surface area (Å²) in [4.78, 5) is 29.5. The van der Waals surface area contributed by atoms with Crippen LogP contribution in [0.4, 0.5) is 0 Å². The molecule has 0 saturated carbocycles. The molecule has 2 N–H and O–H groups in total. The molecule has 9 heteroatoms. The van der Waals surface area contributed by atoms with Crippen molar-refractivity contribution in [3.63, 3.8) is 0 Å². The number of carbonyl (C=O) groups excluding carboxylic acids is 1. The minimum Gasteiger partial charge on any atom is -0.469 e. The Morgan fingerprint density at radius 2 is 1.88 bits per heavy atom. The Bertz CT molecular complexity index is 264. The van der Waals surface area contributed by atoms with Crippen molar-refractivity contribution < 1.29 is 28.8 Å². The lowest BCUT2D eigenvalue weighted by atomic mass is 10.3. The normalized spacial score (nSPS) is 13.9. The van der Waals surface area contributed by atoms with Gasteiger partial charge in [-0.3, -0.25) is 4.79 Å². The molecule has 0 heterocycles. The zero-order valence-corrected chi connectivity index (χ0v) is 11.7. The molecule has 0 aromatic heterocycles. The van der Waals surface area contributed by atoms with Crippen LogP contribution in [0, 0.1) is 0 Å². The summed E-state index contributed by atoms with van der Waals surface area (Å²) in [6, 6.07) is 0. The maximum atomic E-state index is 11.1. The second-order valence-electron chi connectivity index (χ2n) is 2.75. The molecule has 0 bridgehead atoms. The summed E-state index contributed by atoms with van der Waals surface area (Å²) in [5.74, 6) is -0.500. The molecule has 1 unspecified atom stereocenters. The molecule has 1 atom stereocenters. The van der Waals surface area contributed by atoms with E-state index in [1.807, 2.05) is 0 Å². The van der Waals surface area contributed by atoms with Gasteiger partial charge in [0.05, 0.1) is 18.8 Å². The smallest absolute Gasteiger partial charge is 0.306 e. The van der Waals surface area contributed by atoms with Gasteiger partial charge in [-0.1, -0.05) is 11.4 Å². The summed E-state index contributed by atoms with van der Waals surface area (Å²) in [5, 5.41) is -0.622. The molecule has 0 amide bonds. The highest BCUT2D eigenvalue weighted by molar-refractivity contribution is 8.67. The fourth-order valence-corrected chi connectivity index (χ4v) is 4.47. The topological polar surface area (TPSA) is 85.2 Å². The van der Waals surface area contributed by atoms with Crippen LogP contribution in [-0.2, 0) is 30.8 Å². The predicted octanol–water partition coefficient (Wildman–Crippen LogP) is 0.479. The monoisotopic (exact) mass is 290 g/mol. The Labute approximate surface area is 103 Å². The summed E-state index contributed by atoms with van der Waals surface area (Å²) in [5.41, 5.74) is -3.49. The molecule has 0 aliphatic heterocycles. The van der Waals surface area contributed by atoms with Crippen LogP contribution in [0.25, 0.3) is 0 Å². The molecule has 0 aromatic carbocycles. The Kier molecular flexibility index (Phi) is 7.75. The van der Waals surface area contributed by atoms with Gasteiger partial charge >= 0.3 is 5.97 Å². The molecule has 0 spiro atoms. The second-order valence-corrected chi connectivity index (χ2v) is 8.93. The molecule has 0 aliphatic rings. The van der Waals surface area contributed by atoms with Gasteiger partial charge in [-0.05, 0) is 11.8 Å². The van der Waals surface area contributed by atoms with E-state index in [2.05, 4.69) is 16.5 Å². The van der Waals surface area contributed by atoms with E-state index < -0.39 is 23.2 Å². The van der Waals surface area contributed by atoms with E-state index in [1.54, 1.807) is 0 Å². The van der Waals surface area contributed by atoms with Crippen molar-refractivity contribution >= 4 is 34.9 Å². The Morgan fingerprint density at radius 3 is 2.19 bits per heavy atom. The number of rotatable bonds is 7. The number of esters is 1. The van der Waals surface area contributed by atoms with E-state index in [4.69, 9.17) is 9.47 Å². The number of hydrogen-bond donors (Lipinski definition) is 2. The SMILES string of the molecule is COC(=O)CC(SP(O)(O)=S)C(OC)OC. The van der Waals surface area contributed by atoms with Gasteiger partial charge in [0.1, 0.15) is 0 Å². The fraction of sp³-hybridized carbons (Fsp3) is 0.857. The van der Waals surface area contributed by atoms with Crippen molar-refractivity contribution in [2.75, 3.05) is 21.3 Å². The molecule has 16 heavy (non-hydrogen) atoms. The van der Waals surface area contributed by atoms with E-state index in [0.717, 1.165) is 0 Å². The molecule has 0 fully saturated rings. The lowest BCUT2D eigenvalue weighted by Crippen LogP contribution is -2.29. The van der Waals surface area contributed by atoms with E-state index in [0.29, 0.717) is 11.4 Å². The molecule has 0 rings (SSSR count). The van der Waals surface area contributed by atoms with Gasteiger partial charge in [0.2, 0.25) is 5.69 Å². The van der Waals surface area contributed by atoms with Crippen molar-refractivity contribution in [1.29, 1.82) is 0 Å². The van der Waals surface area contributed by atoms with E-state index in [-0.39, 0.29) is 6.42 Å². The first kappa shape index (κ1) is 16.3. The maximum absolute atomic E-state index is 11.1. The molecule has 6 nitrogen and oxygen atoms in total. The van der Waals surface area contributed by atoms with Crippen LogP contribution in [0.5, 0.6) is 0 Å². The highest BCUT2D eigenvalue weighted by Crippen LogP contribution is 2.54. The van der Waals surface area contributed by atoms with Crippen molar-refractivity contribution in [3.05, 3.63) is 0 Å². The minimum absolute atomic E-state index is 0.0764. The molecular formula is C7H15O6PS2. The third-order valence-electron chi connectivity index (χ3n) is 1.64. The van der Waals surface area contributed by atoms with Gasteiger partial charge in [0.25, 0.3) is 0 Å². The zero-order valence-electron chi connectivity index (χ0n) is 9.15. The molecular weight excluding hydrogens is 275 g/mol. The number of methoxy groups -OCH3 is 3. The average Bonchev–Trinajstić information content (AvgIpc) is 2.16. The third-order valence-corrected chi connectivity index (χ3v) is 4.98.